The van der Waals surface area contributed by atoms with Crippen LogP contribution in [0.5, 0.6) is 0 Å². The second kappa shape index (κ2) is 15.4. The summed E-state index contributed by atoms with van der Waals surface area (Å²) in [5.74, 6) is 0. The Bertz CT molecular complexity index is 182. The molecule has 0 rings (SSSR count). The van der Waals surface area contributed by atoms with Crippen LogP contribution < -0.4 is 0 Å². The van der Waals surface area contributed by atoms with E-state index in [1.807, 2.05) is 6.08 Å². The van der Waals surface area contributed by atoms with Crippen molar-refractivity contribution in [2.45, 2.75) is 71.1 Å². The summed E-state index contributed by atoms with van der Waals surface area (Å²) < 4.78 is 0. The van der Waals surface area contributed by atoms with E-state index in [1.165, 1.54) is 51.4 Å². The fraction of sp³-hybridized carbons (Fsp3) is 0.750. The number of aliphatic hydroxyl groups is 1. The Hall–Kier alpha value is -0.560. The number of allylic oxidation sites excluding steroid dienone is 3. The normalized spacial score (nSPS) is 11.9. The van der Waals surface area contributed by atoms with E-state index in [9.17, 15) is 0 Å². The second-order valence-electron chi connectivity index (χ2n) is 4.60. The fourth-order valence-electron chi connectivity index (χ4n) is 1.80. The molecule has 0 saturated carbocycles. The van der Waals surface area contributed by atoms with Gasteiger partial charge in [0.15, 0.2) is 0 Å². The summed E-state index contributed by atoms with van der Waals surface area (Å²) in [6, 6.07) is 0. The topological polar surface area (TPSA) is 20.2 Å². The first-order valence-corrected chi connectivity index (χ1v) is 7.32. The molecular weight excluding hydrogens is 208 g/mol. The quantitative estimate of drug-likeness (QED) is 0.374. The summed E-state index contributed by atoms with van der Waals surface area (Å²) in [5.41, 5.74) is 0. The third-order valence-corrected chi connectivity index (χ3v) is 2.88. The average molecular weight is 238 g/mol. The molecule has 1 heteroatoms. The Morgan fingerprint density at radius 2 is 1.29 bits per heavy atom. The molecule has 0 spiro atoms. The minimum atomic E-state index is 0.262. The van der Waals surface area contributed by atoms with E-state index in [0.29, 0.717) is 0 Å². The van der Waals surface area contributed by atoms with Crippen LogP contribution in [0, 0.1) is 0 Å². The number of hydrogen-bond acceptors (Lipinski definition) is 1. The summed E-state index contributed by atoms with van der Waals surface area (Å²) in [4.78, 5) is 0. The van der Waals surface area contributed by atoms with Crippen LogP contribution in [0.2, 0.25) is 0 Å². The van der Waals surface area contributed by atoms with E-state index < -0.39 is 0 Å². The Labute approximate surface area is 108 Å². The lowest BCUT2D eigenvalue weighted by molar-refractivity contribution is 0.302. The van der Waals surface area contributed by atoms with Gasteiger partial charge in [0.1, 0.15) is 0 Å². The van der Waals surface area contributed by atoms with Gasteiger partial charge in [0, 0.05) is 6.61 Å². The van der Waals surface area contributed by atoms with Gasteiger partial charge in [0.05, 0.1) is 0 Å². The van der Waals surface area contributed by atoms with Crippen molar-refractivity contribution in [3.8, 4) is 0 Å². The number of hydrogen-bond donors (Lipinski definition) is 1. The maximum atomic E-state index is 8.57. The van der Waals surface area contributed by atoms with Gasteiger partial charge >= 0.3 is 0 Å². The van der Waals surface area contributed by atoms with Crippen LogP contribution in [0.3, 0.4) is 0 Å². The molecule has 0 amide bonds. The third-order valence-electron chi connectivity index (χ3n) is 2.88. The van der Waals surface area contributed by atoms with Crippen molar-refractivity contribution in [3.63, 3.8) is 0 Å². The van der Waals surface area contributed by atoms with Crippen molar-refractivity contribution >= 4 is 0 Å². The number of unbranched alkanes of at least 4 members (excludes halogenated alkanes) is 7. The highest BCUT2D eigenvalue weighted by Crippen LogP contribution is 2.08. The zero-order valence-electron chi connectivity index (χ0n) is 11.5. The minimum absolute atomic E-state index is 0.262. The lowest BCUT2D eigenvalue weighted by atomic mass is 10.1. The van der Waals surface area contributed by atoms with E-state index >= 15 is 0 Å². The van der Waals surface area contributed by atoms with E-state index in [1.54, 1.807) is 0 Å². The highest BCUT2D eigenvalue weighted by atomic mass is 16.2. The van der Waals surface area contributed by atoms with Crippen molar-refractivity contribution in [2.75, 3.05) is 6.61 Å². The van der Waals surface area contributed by atoms with Crippen LogP contribution in [0.25, 0.3) is 0 Å². The monoisotopic (exact) mass is 238 g/mol. The summed E-state index contributed by atoms with van der Waals surface area (Å²) in [7, 11) is 0. The first-order chi connectivity index (χ1) is 8.41. The van der Waals surface area contributed by atoms with E-state index in [4.69, 9.17) is 5.11 Å². The van der Waals surface area contributed by atoms with Crippen LogP contribution in [0.4, 0.5) is 0 Å². The largest absolute Gasteiger partial charge is 0.396 e. The van der Waals surface area contributed by atoms with Crippen LogP contribution in [0.1, 0.15) is 71.1 Å². The molecule has 0 aromatic heterocycles. The van der Waals surface area contributed by atoms with Gasteiger partial charge in [-0.2, -0.15) is 0 Å². The Morgan fingerprint density at radius 3 is 1.94 bits per heavy atom. The molecule has 0 aliphatic heterocycles. The van der Waals surface area contributed by atoms with Crippen molar-refractivity contribution in [2.24, 2.45) is 0 Å². The van der Waals surface area contributed by atoms with Gasteiger partial charge in [-0.15, -0.1) is 0 Å². The van der Waals surface area contributed by atoms with Gasteiger partial charge in [-0.1, -0.05) is 69.8 Å². The standard InChI is InChI=1S/C16H30O/c1-2-3-4-5-6-7-8-9-10-11-12-13-14-15-16-17/h10-11,13-14,17H,2-9,12,15-16H2,1H3/b11-10-,14-13-. The van der Waals surface area contributed by atoms with Gasteiger partial charge < -0.3 is 5.11 Å². The van der Waals surface area contributed by atoms with E-state index in [0.717, 1.165) is 12.8 Å². The molecule has 0 aromatic carbocycles. The van der Waals surface area contributed by atoms with Crippen LogP contribution in [-0.2, 0) is 0 Å². The molecule has 1 nitrogen and oxygen atoms in total. The molecule has 0 heterocycles. The molecule has 1 N–H and O–H groups in total. The molecule has 0 radical (unpaired) electrons. The molecule has 0 aromatic rings. The molecule has 0 aliphatic carbocycles. The third kappa shape index (κ3) is 15.4. The molecule has 0 fully saturated rings. The average Bonchev–Trinajstić information content (AvgIpc) is 2.35. The summed E-state index contributed by atoms with van der Waals surface area (Å²) >= 11 is 0. The van der Waals surface area contributed by atoms with Gasteiger partial charge in [-0.25, -0.2) is 0 Å². The first-order valence-electron chi connectivity index (χ1n) is 7.32. The maximum absolute atomic E-state index is 8.57. The molecular formula is C16H30O. The van der Waals surface area contributed by atoms with Crippen molar-refractivity contribution in [1.82, 2.24) is 0 Å². The Balaban J connectivity index is 3.08. The zero-order valence-corrected chi connectivity index (χ0v) is 11.5. The second-order valence-corrected chi connectivity index (χ2v) is 4.60. The zero-order chi connectivity index (χ0) is 12.6. The SMILES string of the molecule is CCCCCCCCC/C=C\C/C=C\CCO. The van der Waals surface area contributed by atoms with Crippen molar-refractivity contribution in [1.29, 1.82) is 0 Å². The maximum Gasteiger partial charge on any atom is 0.0465 e. The Kier molecular flexibility index (Phi) is 14.9. The molecule has 0 aliphatic rings. The molecule has 17 heavy (non-hydrogen) atoms. The first kappa shape index (κ1) is 16.4. The lowest BCUT2D eigenvalue weighted by Crippen LogP contribution is -1.78. The van der Waals surface area contributed by atoms with Gasteiger partial charge in [-0.3, -0.25) is 0 Å². The van der Waals surface area contributed by atoms with E-state index in [2.05, 4.69) is 25.2 Å². The molecule has 0 bridgehead atoms. The van der Waals surface area contributed by atoms with Gasteiger partial charge in [0.2, 0.25) is 0 Å². The summed E-state index contributed by atoms with van der Waals surface area (Å²) in [5, 5.41) is 8.57. The summed E-state index contributed by atoms with van der Waals surface area (Å²) in [6.07, 6.45) is 21.4. The molecule has 100 valence electrons. The number of rotatable bonds is 12. The van der Waals surface area contributed by atoms with Crippen molar-refractivity contribution in [3.05, 3.63) is 24.3 Å². The van der Waals surface area contributed by atoms with Gasteiger partial charge in [0.25, 0.3) is 0 Å². The molecule has 0 unspecified atom stereocenters. The van der Waals surface area contributed by atoms with Gasteiger partial charge in [-0.05, 0) is 25.7 Å². The highest BCUT2D eigenvalue weighted by molar-refractivity contribution is 4.92. The molecule has 0 saturated heterocycles. The van der Waals surface area contributed by atoms with Crippen molar-refractivity contribution < 1.29 is 5.11 Å². The minimum Gasteiger partial charge on any atom is -0.396 e. The predicted octanol–water partition coefficient (Wildman–Crippen LogP) is 5.01. The fourth-order valence-corrected chi connectivity index (χ4v) is 1.80. The predicted molar refractivity (Wildman–Crippen MR) is 77.2 cm³/mol. The van der Waals surface area contributed by atoms with Crippen LogP contribution >= 0.6 is 0 Å². The lowest BCUT2D eigenvalue weighted by Gasteiger charge is -1.98. The van der Waals surface area contributed by atoms with E-state index in [-0.39, 0.29) is 6.61 Å². The highest BCUT2D eigenvalue weighted by Gasteiger charge is 1.88. The Morgan fingerprint density at radius 1 is 0.706 bits per heavy atom. The number of aliphatic hydroxyl groups excluding tert-OH is 1. The smallest absolute Gasteiger partial charge is 0.0465 e. The summed E-state index contributed by atoms with van der Waals surface area (Å²) in [6.45, 7) is 2.53. The van der Waals surface area contributed by atoms with Crippen LogP contribution in [-0.4, -0.2) is 11.7 Å². The van der Waals surface area contributed by atoms with Crippen LogP contribution in [0.15, 0.2) is 24.3 Å². The molecule has 0 atom stereocenters.